The summed E-state index contributed by atoms with van der Waals surface area (Å²) in [6.07, 6.45) is 1.75. The van der Waals surface area contributed by atoms with Crippen LogP contribution in [0.3, 0.4) is 0 Å². The molecule has 1 aromatic heterocycles. The maximum atomic E-state index is 12.1. The fraction of sp³-hybridized carbons (Fsp3) is 0.467. The molecule has 1 unspecified atom stereocenters. The van der Waals surface area contributed by atoms with Crippen molar-refractivity contribution >= 4 is 22.5 Å². The highest BCUT2D eigenvalue weighted by Gasteiger charge is 2.28. The van der Waals surface area contributed by atoms with Crippen LogP contribution in [0.15, 0.2) is 23.0 Å². The molecule has 1 atom stereocenters. The Hall–Kier alpha value is -1.43. The van der Waals surface area contributed by atoms with E-state index in [1.165, 1.54) is 0 Å². The number of benzene rings is 1. The number of halogens is 1. The maximum absolute atomic E-state index is 12.1. The predicted molar refractivity (Wildman–Crippen MR) is 82.5 cm³/mol. The molecule has 0 amide bonds. The molecule has 2 N–H and O–H groups in total. The Balaban J connectivity index is 1.88. The van der Waals surface area contributed by atoms with Gasteiger partial charge in [0.25, 0.3) is 5.56 Å². The van der Waals surface area contributed by atoms with Gasteiger partial charge in [-0.2, -0.15) is 0 Å². The number of likely N-dealkylation sites (tertiary alicyclic amines) is 1. The molecule has 1 aromatic carbocycles. The van der Waals surface area contributed by atoms with Crippen molar-refractivity contribution in [2.45, 2.75) is 31.9 Å². The highest BCUT2D eigenvalue weighted by molar-refractivity contribution is 6.31. The Bertz CT molecular complexity index is 726. The van der Waals surface area contributed by atoms with E-state index < -0.39 is 5.60 Å². The van der Waals surface area contributed by atoms with Crippen LogP contribution >= 0.6 is 11.6 Å². The number of aliphatic hydroxyl groups is 1. The van der Waals surface area contributed by atoms with Gasteiger partial charge in [0.05, 0.1) is 23.0 Å². The van der Waals surface area contributed by atoms with Crippen LogP contribution in [0.4, 0.5) is 0 Å². The molecular weight excluding hydrogens is 290 g/mol. The van der Waals surface area contributed by atoms with E-state index in [2.05, 4.69) is 14.9 Å². The predicted octanol–water partition coefficient (Wildman–Crippen LogP) is 1.92. The minimum absolute atomic E-state index is 0.179. The first-order valence-electron chi connectivity index (χ1n) is 7.06. The van der Waals surface area contributed by atoms with E-state index in [0.29, 0.717) is 34.8 Å². The van der Waals surface area contributed by atoms with Gasteiger partial charge < -0.3 is 10.1 Å². The number of aromatic amines is 1. The van der Waals surface area contributed by atoms with Crippen LogP contribution in [0.2, 0.25) is 5.02 Å². The Morgan fingerprint density at radius 1 is 1.52 bits per heavy atom. The second-order valence-electron chi connectivity index (χ2n) is 5.99. The van der Waals surface area contributed by atoms with Gasteiger partial charge in [0.15, 0.2) is 0 Å². The van der Waals surface area contributed by atoms with Crippen LogP contribution < -0.4 is 5.56 Å². The van der Waals surface area contributed by atoms with Gasteiger partial charge in [-0.25, -0.2) is 4.98 Å². The van der Waals surface area contributed by atoms with E-state index >= 15 is 0 Å². The highest BCUT2D eigenvalue weighted by Crippen LogP contribution is 2.21. The average Bonchev–Trinajstić information content (AvgIpc) is 2.38. The summed E-state index contributed by atoms with van der Waals surface area (Å²) < 4.78 is 0. The van der Waals surface area contributed by atoms with Gasteiger partial charge in [-0.1, -0.05) is 11.6 Å². The minimum atomic E-state index is -0.664. The van der Waals surface area contributed by atoms with E-state index in [1.54, 1.807) is 18.2 Å². The van der Waals surface area contributed by atoms with Crippen LogP contribution in [0.25, 0.3) is 10.9 Å². The van der Waals surface area contributed by atoms with Crippen molar-refractivity contribution in [1.82, 2.24) is 14.9 Å². The lowest BCUT2D eigenvalue weighted by Crippen LogP contribution is -2.45. The van der Waals surface area contributed by atoms with Crippen LogP contribution in [0.1, 0.15) is 25.6 Å². The number of aromatic nitrogens is 2. The normalized spacial score (nSPS) is 23.6. The molecule has 0 radical (unpaired) electrons. The number of β-amino-alcohol motifs (C(OH)–C–C–N with tert-alkyl or cyclic N) is 1. The maximum Gasteiger partial charge on any atom is 0.258 e. The number of H-pyrrole nitrogens is 1. The molecule has 2 heterocycles. The monoisotopic (exact) mass is 307 g/mol. The fourth-order valence-corrected chi connectivity index (χ4v) is 3.08. The summed E-state index contributed by atoms with van der Waals surface area (Å²) in [6, 6.07) is 5.10. The van der Waals surface area contributed by atoms with E-state index in [1.807, 2.05) is 6.92 Å². The summed E-state index contributed by atoms with van der Waals surface area (Å²) in [5, 5.41) is 11.2. The molecule has 0 bridgehead atoms. The SMILES string of the molecule is CC1(O)CCCN(Cc2nc3ccc(Cl)cc3c(=O)[nH]2)C1. The summed E-state index contributed by atoms with van der Waals surface area (Å²) in [4.78, 5) is 21.5. The fourth-order valence-electron chi connectivity index (χ4n) is 2.90. The van der Waals surface area contributed by atoms with Gasteiger partial charge >= 0.3 is 0 Å². The van der Waals surface area contributed by atoms with Gasteiger partial charge in [0.1, 0.15) is 5.82 Å². The van der Waals surface area contributed by atoms with Crippen molar-refractivity contribution in [3.05, 3.63) is 39.4 Å². The zero-order valence-electron chi connectivity index (χ0n) is 11.9. The molecule has 1 fully saturated rings. The molecule has 3 rings (SSSR count). The standard InChI is InChI=1S/C15H18ClN3O2/c1-15(21)5-2-6-19(9-15)8-13-17-12-4-3-10(16)7-11(12)14(20)18-13/h3-4,7,21H,2,5-6,8-9H2,1H3,(H,17,18,20). The zero-order chi connectivity index (χ0) is 15.0. The highest BCUT2D eigenvalue weighted by atomic mass is 35.5. The third-order valence-electron chi connectivity index (χ3n) is 3.84. The molecule has 1 saturated heterocycles. The van der Waals surface area contributed by atoms with Gasteiger partial charge in [-0.05, 0) is 44.5 Å². The quantitative estimate of drug-likeness (QED) is 0.889. The number of hydrogen-bond donors (Lipinski definition) is 2. The van der Waals surface area contributed by atoms with E-state index in [-0.39, 0.29) is 5.56 Å². The number of piperidine rings is 1. The van der Waals surface area contributed by atoms with Crippen molar-refractivity contribution < 1.29 is 5.11 Å². The van der Waals surface area contributed by atoms with Gasteiger partial charge in [0.2, 0.25) is 0 Å². The van der Waals surface area contributed by atoms with Crippen molar-refractivity contribution in [2.75, 3.05) is 13.1 Å². The summed E-state index contributed by atoms with van der Waals surface area (Å²) in [5.41, 5.74) is -0.202. The summed E-state index contributed by atoms with van der Waals surface area (Å²) in [7, 11) is 0. The topological polar surface area (TPSA) is 69.2 Å². The summed E-state index contributed by atoms with van der Waals surface area (Å²) in [5.74, 6) is 0.618. The van der Waals surface area contributed by atoms with Crippen LogP contribution in [-0.4, -0.2) is 38.7 Å². The first-order chi connectivity index (χ1) is 9.93. The molecule has 0 spiro atoms. The molecular formula is C15H18ClN3O2. The number of rotatable bonds is 2. The van der Waals surface area contributed by atoms with Gasteiger partial charge in [-0.15, -0.1) is 0 Å². The molecule has 112 valence electrons. The summed E-state index contributed by atoms with van der Waals surface area (Å²) >= 11 is 5.90. The molecule has 6 heteroatoms. The second kappa shape index (κ2) is 5.40. The lowest BCUT2D eigenvalue weighted by atomic mass is 9.95. The smallest absolute Gasteiger partial charge is 0.258 e. The lowest BCUT2D eigenvalue weighted by molar-refractivity contribution is -0.0188. The van der Waals surface area contributed by atoms with Gasteiger partial charge in [0, 0.05) is 11.6 Å². The minimum Gasteiger partial charge on any atom is -0.389 e. The van der Waals surface area contributed by atoms with E-state index in [4.69, 9.17) is 11.6 Å². The Morgan fingerprint density at radius 3 is 3.10 bits per heavy atom. The van der Waals surface area contributed by atoms with Crippen molar-refractivity contribution in [3.8, 4) is 0 Å². The van der Waals surface area contributed by atoms with E-state index in [9.17, 15) is 9.90 Å². The number of fused-ring (bicyclic) bond motifs is 1. The first-order valence-corrected chi connectivity index (χ1v) is 7.44. The molecule has 0 aliphatic carbocycles. The Morgan fingerprint density at radius 2 is 2.33 bits per heavy atom. The Kier molecular flexibility index (Phi) is 3.73. The third kappa shape index (κ3) is 3.26. The lowest BCUT2D eigenvalue weighted by Gasteiger charge is -2.36. The van der Waals surface area contributed by atoms with Crippen molar-refractivity contribution in [2.24, 2.45) is 0 Å². The summed E-state index contributed by atoms with van der Waals surface area (Å²) in [6.45, 7) is 3.87. The van der Waals surface area contributed by atoms with E-state index in [0.717, 1.165) is 19.4 Å². The van der Waals surface area contributed by atoms with Crippen LogP contribution in [0.5, 0.6) is 0 Å². The second-order valence-corrected chi connectivity index (χ2v) is 6.42. The largest absolute Gasteiger partial charge is 0.389 e. The third-order valence-corrected chi connectivity index (χ3v) is 4.08. The molecule has 0 saturated carbocycles. The molecule has 21 heavy (non-hydrogen) atoms. The Labute approximate surface area is 127 Å². The molecule has 5 nitrogen and oxygen atoms in total. The van der Waals surface area contributed by atoms with Gasteiger partial charge in [-0.3, -0.25) is 9.69 Å². The molecule has 1 aliphatic rings. The number of nitrogens with zero attached hydrogens (tertiary/aromatic N) is 2. The van der Waals surface area contributed by atoms with Crippen molar-refractivity contribution in [3.63, 3.8) is 0 Å². The molecule has 2 aromatic rings. The van der Waals surface area contributed by atoms with Crippen LogP contribution in [0, 0.1) is 0 Å². The molecule has 1 aliphatic heterocycles. The average molecular weight is 308 g/mol. The number of nitrogens with one attached hydrogen (secondary N) is 1. The zero-order valence-corrected chi connectivity index (χ0v) is 12.7. The first kappa shape index (κ1) is 14.5. The van der Waals surface area contributed by atoms with Crippen molar-refractivity contribution in [1.29, 1.82) is 0 Å². The van der Waals surface area contributed by atoms with Crippen LogP contribution in [-0.2, 0) is 6.54 Å². The number of hydrogen-bond acceptors (Lipinski definition) is 4.